The molecule has 0 aliphatic rings. The molecule has 3 aromatic rings. The number of fused-ring (bicyclic) bond motifs is 1. The van der Waals surface area contributed by atoms with E-state index in [0.29, 0.717) is 11.5 Å². The first-order valence-electron chi connectivity index (χ1n) is 7.03. The van der Waals surface area contributed by atoms with Crippen LogP contribution in [0.4, 0.5) is 11.8 Å². The maximum Gasteiger partial charge on any atom is 0.222 e. The van der Waals surface area contributed by atoms with Gasteiger partial charge in [-0.15, -0.1) is 0 Å². The third-order valence-corrected chi connectivity index (χ3v) is 3.67. The minimum absolute atomic E-state index is 0.149. The summed E-state index contributed by atoms with van der Waals surface area (Å²) in [5.41, 5.74) is 15.2. The second-order valence-corrected chi connectivity index (χ2v) is 5.03. The average Bonchev–Trinajstić information content (AvgIpc) is 2.95. The fraction of sp³-hybridized carbons (Fsp3) is 0.267. The van der Waals surface area contributed by atoms with Crippen LogP contribution in [0.1, 0.15) is 25.1 Å². The maximum atomic E-state index is 6.11. The van der Waals surface area contributed by atoms with Gasteiger partial charge in [-0.25, -0.2) is 4.98 Å². The molecule has 2 heterocycles. The van der Waals surface area contributed by atoms with E-state index in [-0.39, 0.29) is 12.1 Å². The maximum absolute atomic E-state index is 6.11. The molecule has 0 aliphatic heterocycles. The summed E-state index contributed by atoms with van der Waals surface area (Å²) in [7, 11) is 1.64. The van der Waals surface area contributed by atoms with Crippen LogP contribution in [0.5, 0.6) is 0 Å². The minimum Gasteiger partial charge on any atom is -0.383 e. The summed E-state index contributed by atoms with van der Waals surface area (Å²) in [5, 5.41) is 7.95. The normalized spacial score (nSPS) is 12.6. The summed E-state index contributed by atoms with van der Waals surface area (Å²) in [4.78, 5) is 8.45. The lowest BCUT2D eigenvalue weighted by Crippen LogP contribution is -2.11. The predicted molar refractivity (Wildman–Crippen MR) is 86.0 cm³/mol. The Morgan fingerprint density at radius 2 is 2.09 bits per heavy atom. The molecule has 22 heavy (non-hydrogen) atoms. The van der Waals surface area contributed by atoms with Gasteiger partial charge >= 0.3 is 0 Å². The van der Waals surface area contributed by atoms with Gasteiger partial charge in [0.05, 0.1) is 23.5 Å². The van der Waals surface area contributed by atoms with Crippen molar-refractivity contribution in [3.63, 3.8) is 0 Å². The Morgan fingerprint density at radius 3 is 2.82 bits per heavy atom. The Bertz CT molecular complexity index is 809. The number of rotatable bonds is 4. The summed E-state index contributed by atoms with van der Waals surface area (Å²) in [5.74, 6) is 0.497. The molecular weight excluding hydrogens is 280 g/mol. The number of benzene rings is 1. The molecule has 1 aromatic carbocycles. The van der Waals surface area contributed by atoms with E-state index in [9.17, 15) is 0 Å². The summed E-state index contributed by atoms with van der Waals surface area (Å²) >= 11 is 0. The van der Waals surface area contributed by atoms with Crippen LogP contribution in [0.2, 0.25) is 0 Å². The first-order valence-corrected chi connectivity index (χ1v) is 7.03. The lowest BCUT2D eigenvalue weighted by molar-refractivity contribution is 0.0970. The number of nitrogens with one attached hydrogen (secondary N) is 1. The van der Waals surface area contributed by atoms with Gasteiger partial charge in [0, 0.05) is 18.1 Å². The van der Waals surface area contributed by atoms with Gasteiger partial charge in [0.1, 0.15) is 5.82 Å². The van der Waals surface area contributed by atoms with Gasteiger partial charge in [-0.2, -0.15) is 10.1 Å². The van der Waals surface area contributed by atoms with E-state index in [1.165, 1.54) is 0 Å². The largest absolute Gasteiger partial charge is 0.383 e. The van der Waals surface area contributed by atoms with Crippen molar-refractivity contribution in [2.75, 3.05) is 18.6 Å². The Labute approximate surface area is 127 Å². The van der Waals surface area contributed by atoms with E-state index < -0.39 is 0 Å². The first kappa shape index (κ1) is 14.3. The van der Waals surface area contributed by atoms with Crippen molar-refractivity contribution >= 4 is 22.7 Å². The van der Waals surface area contributed by atoms with Crippen LogP contribution >= 0.6 is 0 Å². The minimum atomic E-state index is -0.192. The highest BCUT2D eigenvalue weighted by atomic mass is 16.5. The van der Waals surface area contributed by atoms with Crippen molar-refractivity contribution < 1.29 is 4.74 Å². The van der Waals surface area contributed by atoms with Crippen molar-refractivity contribution in [1.82, 2.24) is 20.2 Å². The highest BCUT2D eigenvalue weighted by Crippen LogP contribution is 2.35. The predicted octanol–water partition coefficient (Wildman–Crippen LogP) is 2.28. The van der Waals surface area contributed by atoms with Crippen LogP contribution in [-0.2, 0) is 4.74 Å². The number of methoxy groups -OCH3 is 1. The molecule has 0 aliphatic carbocycles. The van der Waals surface area contributed by atoms with E-state index in [1.54, 1.807) is 13.3 Å². The second-order valence-electron chi connectivity index (χ2n) is 5.03. The molecule has 0 fully saturated rings. The van der Waals surface area contributed by atoms with Crippen LogP contribution in [-0.4, -0.2) is 27.3 Å². The van der Waals surface area contributed by atoms with Crippen LogP contribution in [0.15, 0.2) is 24.4 Å². The second kappa shape index (κ2) is 5.61. The third-order valence-electron chi connectivity index (χ3n) is 3.67. The number of nitrogens with zero attached hydrogens (tertiary/aromatic N) is 3. The number of ether oxygens (including phenoxy) is 1. The number of aromatic amines is 1. The molecule has 1 unspecified atom stereocenters. The lowest BCUT2D eigenvalue weighted by atomic mass is 9.99. The number of hydrogen-bond donors (Lipinski definition) is 3. The monoisotopic (exact) mass is 298 g/mol. The van der Waals surface area contributed by atoms with Crippen LogP contribution in [0.3, 0.4) is 0 Å². The lowest BCUT2D eigenvalue weighted by Gasteiger charge is -2.18. The van der Waals surface area contributed by atoms with E-state index in [2.05, 4.69) is 20.2 Å². The zero-order chi connectivity index (χ0) is 15.7. The fourth-order valence-corrected chi connectivity index (χ4v) is 2.61. The SMILES string of the molecule is CCC(OC)c1nc(N)nc(N)c1-c1ccc2[nH]ncc2c1. The summed E-state index contributed by atoms with van der Waals surface area (Å²) in [6.45, 7) is 2.02. The Balaban J connectivity index is 2.23. The molecule has 114 valence electrons. The Hall–Kier alpha value is -2.67. The quantitative estimate of drug-likeness (QED) is 0.680. The van der Waals surface area contributed by atoms with Crippen LogP contribution in [0.25, 0.3) is 22.0 Å². The van der Waals surface area contributed by atoms with E-state index in [4.69, 9.17) is 16.2 Å². The zero-order valence-corrected chi connectivity index (χ0v) is 12.5. The van der Waals surface area contributed by atoms with Gasteiger partial charge in [0.25, 0.3) is 0 Å². The third kappa shape index (κ3) is 2.35. The van der Waals surface area contributed by atoms with Crippen LogP contribution in [0, 0.1) is 0 Å². The number of hydrogen-bond acceptors (Lipinski definition) is 6. The summed E-state index contributed by atoms with van der Waals surface area (Å²) < 4.78 is 5.51. The molecule has 0 radical (unpaired) electrons. The summed E-state index contributed by atoms with van der Waals surface area (Å²) in [6.07, 6.45) is 2.33. The van der Waals surface area contributed by atoms with Gasteiger partial charge in [-0.1, -0.05) is 13.0 Å². The van der Waals surface area contributed by atoms with Crippen molar-refractivity contribution in [1.29, 1.82) is 0 Å². The smallest absolute Gasteiger partial charge is 0.222 e. The van der Waals surface area contributed by atoms with E-state index >= 15 is 0 Å². The van der Waals surface area contributed by atoms with Gasteiger partial charge in [-0.05, 0) is 24.1 Å². The van der Waals surface area contributed by atoms with E-state index in [0.717, 1.165) is 28.5 Å². The number of H-pyrrole nitrogens is 1. The number of aromatic nitrogens is 4. The molecular formula is C15H18N6O. The van der Waals surface area contributed by atoms with Crippen molar-refractivity contribution in [2.24, 2.45) is 0 Å². The number of anilines is 2. The van der Waals surface area contributed by atoms with Gasteiger partial charge in [-0.3, -0.25) is 5.10 Å². The highest BCUT2D eigenvalue weighted by molar-refractivity contribution is 5.87. The van der Waals surface area contributed by atoms with Crippen molar-refractivity contribution in [3.8, 4) is 11.1 Å². The summed E-state index contributed by atoms with van der Waals surface area (Å²) in [6, 6.07) is 5.90. The molecule has 0 saturated heterocycles. The molecule has 5 N–H and O–H groups in total. The molecule has 0 spiro atoms. The molecule has 3 rings (SSSR count). The number of nitrogen functional groups attached to an aromatic ring is 2. The van der Waals surface area contributed by atoms with Gasteiger partial charge in [0.2, 0.25) is 5.95 Å². The van der Waals surface area contributed by atoms with Crippen LogP contribution < -0.4 is 11.5 Å². The molecule has 0 amide bonds. The zero-order valence-electron chi connectivity index (χ0n) is 12.5. The highest BCUT2D eigenvalue weighted by Gasteiger charge is 2.20. The van der Waals surface area contributed by atoms with Crippen molar-refractivity contribution in [3.05, 3.63) is 30.1 Å². The Morgan fingerprint density at radius 1 is 1.27 bits per heavy atom. The molecule has 2 aromatic heterocycles. The van der Waals surface area contributed by atoms with E-state index in [1.807, 2.05) is 25.1 Å². The fourth-order valence-electron chi connectivity index (χ4n) is 2.61. The average molecular weight is 298 g/mol. The van der Waals surface area contributed by atoms with Gasteiger partial charge in [0.15, 0.2) is 0 Å². The van der Waals surface area contributed by atoms with Crippen molar-refractivity contribution in [2.45, 2.75) is 19.4 Å². The number of nitrogens with two attached hydrogens (primary N) is 2. The molecule has 0 bridgehead atoms. The molecule has 7 heteroatoms. The molecule has 7 nitrogen and oxygen atoms in total. The topological polar surface area (TPSA) is 116 Å². The molecule has 1 atom stereocenters. The molecule has 0 saturated carbocycles. The standard InChI is InChI=1S/C15H18N6O/c1-3-11(22-2)13-12(14(16)20-15(17)19-13)8-4-5-10-9(6-8)7-18-21-10/h4-7,11H,3H2,1-2H3,(H,18,21)(H4,16,17,19,20). The van der Waals surface area contributed by atoms with Gasteiger partial charge < -0.3 is 16.2 Å². The Kier molecular flexibility index (Phi) is 3.64. The first-order chi connectivity index (χ1) is 10.6.